The molecule has 2 heterocycles. The highest BCUT2D eigenvalue weighted by atomic mass is 32.1. The van der Waals surface area contributed by atoms with Crippen molar-refractivity contribution in [1.29, 1.82) is 0 Å². The van der Waals surface area contributed by atoms with Crippen LogP contribution in [0, 0.1) is 0 Å². The maximum Gasteiger partial charge on any atom is 0.152 e. The summed E-state index contributed by atoms with van der Waals surface area (Å²) in [6, 6.07) is 3.69. The molecule has 0 spiro atoms. The first-order chi connectivity index (χ1) is 8.65. The first-order valence-corrected chi connectivity index (χ1v) is 5.90. The van der Waals surface area contributed by atoms with Gasteiger partial charge in [0, 0.05) is 20.0 Å². The van der Waals surface area contributed by atoms with Crippen LogP contribution in [0.4, 0.5) is 5.69 Å². The number of nitrogens with one attached hydrogen (secondary N) is 1. The van der Waals surface area contributed by atoms with Gasteiger partial charge in [0.1, 0.15) is 11.3 Å². The van der Waals surface area contributed by atoms with Crippen molar-refractivity contribution in [3.8, 4) is 0 Å². The molecule has 0 radical (unpaired) electrons. The van der Waals surface area contributed by atoms with Gasteiger partial charge in [0.05, 0.1) is 17.6 Å². The van der Waals surface area contributed by atoms with Gasteiger partial charge in [-0.25, -0.2) is 4.98 Å². The Bertz CT molecular complexity index is 533. The van der Waals surface area contributed by atoms with E-state index in [2.05, 4.69) is 20.4 Å². The normalized spacial score (nSPS) is 10.3. The van der Waals surface area contributed by atoms with Crippen molar-refractivity contribution in [2.45, 2.75) is 6.42 Å². The van der Waals surface area contributed by atoms with Gasteiger partial charge in [0.15, 0.2) is 5.82 Å². The number of pyridine rings is 1. The van der Waals surface area contributed by atoms with Crippen LogP contribution in [-0.2, 0) is 13.5 Å². The van der Waals surface area contributed by atoms with Gasteiger partial charge in [-0.3, -0.25) is 9.67 Å². The Hall–Kier alpha value is -2.02. The van der Waals surface area contributed by atoms with Crippen molar-refractivity contribution in [1.82, 2.24) is 19.7 Å². The second-order valence-corrected chi connectivity index (χ2v) is 4.25. The molecule has 6 nitrogen and oxygen atoms in total. The van der Waals surface area contributed by atoms with Gasteiger partial charge in [0.2, 0.25) is 0 Å². The van der Waals surface area contributed by atoms with Crippen molar-refractivity contribution in [3.05, 3.63) is 36.2 Å². The molecule has 2 aromatic heterocycles. The number of thiocarbonyl (C=S) groups is 1. The van der Waals surface area contributed by atoms with Crippen LogP contribution in [0.3, 0.4) is 0 Å². The maximum absolute atomic E-state index is 5.47. The summed E-state index contributed by atoms with van der Waals surface area (Å²) in [4.78, 5) is 8.60. The van der Waals surface area contributed by atoms with Crippen molar-refractivity contribution >= 4 is 22.9 Å². The van der Waals surface area contributed by atoms with Crippen LogP contribution in [0.2, 0.25) is 0 Å². The van der Waals surface area contributed by atoms with Crippen molar-refractivity contribution in [3.63, 3.8) is 0 Å². The Labute approximate surface area is 110 Å². The topological polar surface area (TPSA) is 81.7 Å². The average Bonchev–Trinajstić information content (AvgIpc) is 2.76. The molecule has 0 bridgehead atoms. The molecular formula is C11H14N6S. The number of hydrogen-bond acceptors (Lipinski definition) is 5. The molecule has 0 fully saturated rings. The Morgan fingerprint density at radius 3 is 2.83 bits per heavy atom. The first-order valence-electron chi connectivity index (χ1n) is 5.49. The number of aromatic nitrogens is 4. The van der Waals surface area contributed by atoms with Crippen molar-refractivity contribution < 1.29 is 0 Å². The van der Waals surface area contributed by atoms with Crippen LogP contribution in [0.1, 0.15) is 11.5 Å². The summed E-state index contributed by atoms with van der Waals surface area (Å²) in [6.45, 7) is 0.748. The molecule has 0 atom stereocenters. The summed E-state index contributed by atoms with van der Waals surface area (Å²) < 4.78 is 1.69. The van der Waals surface area contributed by atoms with Gasteiger partial charge in [-0.2, -0.15) is 5.10 Å². The molecule has 0 unspecified atom stereocenters. The van der Waals surface area contributed by atoms with Crippen LogP contribution in [0.25, 0.3) is 0 Å². The molecule has 2 aromatic rings. The molecule has 7 heteroatoms. The number of nitrogens with two attached hydrogens (primary N) is 1. The zero-order valence-electron chi connectivity index (χ0n) is 10.00. The van der Waals surface area contributed by atoms with Gasteiger partial charge in [-0.05, 0) is 12.1 Å². The summed E-state index contributed by atoms with van der Waals surface area (Å²) in [5.41, 5.74) is 7.02. The average molecular weight is 262 g/mol. The van der Waals surface area contributed by atoms with Gasteiger partial charge < -0.3 is 11.1 Å². The Balaban J connectivity index is 1.85. The molecular weight excluding hydrogens is 248 g/mol. The lowest BCUT2D eigenvalue weighted by molar-refractivity contribution is 0.742. The molecule has 0 aromatic carbocycles. The molecule has 0 aliphatic rings. The third-order valence-electron chi connectivity index (χ3n) is 2.34. The van der Waals surface area contributed by atoms with Gasteiger partial charge in [-0.1, -0.05) is 12.2 Å². The number of nitrogens with zero attached hydrogens (tertiary/aromatic N) is 4. The van der Waals surface area contributed by atoms with E-state index >= 15 is 0 Å². The standard InChI is InChI=1S/C11H14N6S/c1-17-7-15-10(16-17)4-5-13-8-2-3-9(11(12)18)14-6-8/h2-3,6-7,13H,4-5H2,1H3,(H2,12,18). The van der Waals surface area contributed by atoms with E-state index in [1.165, 1.54) is 0 Å². The van der Waals surface area contributed by atoms with E-state index in [0.717, 1.165) is 24.5 Å². The van der Waals surface area contributed by atoms with E-state index in [4.69, 9.17) is 18.0 Å². The third kappa shape index (κ3) is 3.24. The number of anilines is 1. The fourth-order valence-electron chi connectivity index (χ4n) is 1.46. The monoisotopic (exact) mass is 262 g/mol. The fourth-order valence-corrected chi connectivity index (χ4v) is 1.58. The van der Waals surface area contributed by atoms with Crippen molar-refractivity contribution in [2.24, 2.45) is 12.8 Å². The summed E-state index contributed by atoms with van der Waals surface area (Å²) in [7, 11) is 1.85. The second kappa shape index (κ2) is 5.54. The van der Waals surface area contributed by atoms with Crippen molar-refractivity contribution in [2.75, 3.05) is 11.9 Å². The molecule has 94 valence electrons. The Morgan fingerprint density at radius 2 is 2.28 bits per heavy atom. The lowest BCUT2D eigenvalue weighted by Crippen LogP contribution is -2.12. The quantitative estimate of drug-likeness (QED) is 0.764. The predicted octanol–water partition coefficient (Wildman–Crippen LogP) is 0.499. The summed E-state index contributed by atoms with van der Waals surface area (Å²) >= 11 is 4.84. The molecule has 0 saturated heterocycles. The predicted molar refractivity (Wildman–Crippen MR) is 73.3 cm³/mol. The molecule has 18 heavy (non-hydrogen) atoms. The number of hydrogen-bond donors (Lipinski definition) is 2. The van der Waals surface area contributed by atoms with Crippen LogP contribution in [0.5, 0.6) is 0 Å². The second-order valence-electron chi connectivity index (χ2n) is 3.81. The van der Waals surface area contributed by atoms with E-state index in [1.807, 2.05) is 13.1 Å². The maximum atomic E-state index is 5.47. The van der Waals surface area contributed by atoms with E-state index in [9.17, 15) is 0 Å². The molecule has 3 N–H and O–H groups in total. The highest BCUT2D eigenvalue weighted by Gasteiger charge is 2.00. The largest absolute Gasteiger partial charge is 0.388 e. The third-order valence-corrected chi connectivity index (χ3v) is 2.55. The SMILES string of the molecule is Cn1cnc(CCNc2ccc(C(N)=S)nc2)n1. The van der Waals surface area contributed by atoms with Crippen LogP contribution in [0.15, 0.2) is 24.7 Å². The molecule has 0 saturated carbocycles. The first kappa shape index (κ1) is 12.4. The molecule has 0 amide bonds. The smallest absolute Gasteiger partial charge is 0.152 e. The minimum absolute atomic E-state index is 0.305. The van der Waals surface area contributed by atoms with Crippen LogP contribution >= 0.6 is 12.2 Å². The summed E-state index contributed by atoms with van der Waals surface area (Å²) in [6.07, 6.45) is 4.16. The minimum Gasteiger partial charge on any atom is -0.388 e. The zero-order valence-corrected chi connectivity index (χ0v) is 10.8. The summed E-state index contributed by atoms with van der Waals surface area (Å²) in [5.74, 6) is 0.817. The highest BCUT2D eigenvalue weighted by Crippen LogP contribution is 2.06. The summed E-state index contributed by atoms with van der Waals surface area (Å²) in [5, 5.41) is 7.43. The van der Waals surface area contributed by atoms with Crippen LogP contribution < -0.4 is 11.1 Å². The van der Waals surface area contributed by atoms with E-state index in [-0.39, 0.29) is 0 Å². The lowest BCUT2D eigenvalue weighted by Gasteiger charge is -2.05. The molecule has 2 rings (SSSR count). The van der Waals surface area contributed by atoms with E-state index in [1.54, 1.807) is 23.3 Å². The minimum atomic E-state index is 0.305. The number of aryl methyl sites for hydroxylation is 1. The van der Waals surface area contributed by atoms with Gasteiger partial charge >= 0.3 is 0 Å². The van der Waals surface area contributed by atoms with E-state index in [0.29, 0.717) is 10.7 Å². The zero-order chi connectivity index (χ0) is 13.0. The Kier molecular flexibility index (Phi) is 3.83. The van der Waals surface area contributed by atoms with Crippen LogP contribution in [-0.4, -0.2) is 31.3 Å². The van der Waals surface area contributed by atoms with Gasteiger partial charge in [-0.15, -0.1) is 0 Å². The number of rotatable bonds is 5. The van der Waals surface area contributed by atoms with E-state index < -0.39 is 0 Å². The highest BCUT2D eigenvalue weighted by molar-refractivity contribution is 7.80. The molecule has 0 aliphatic heterocycles. The lowest BCUT2D eigenvalue weighted by atomic mass is 10.3. The fraction of sp³-hybridized carbons (Fsp3) is 0.273. The van der Waals surface area contributed by atoms with Gasteiger partial charge in [0.25, 0.3) is 0 Å². The Morgan fingerprint density at radius 1 is 1.44 bits per heavy atom. The molecule has 0 aliphatic carbocycles.